The summed E-state index contributed by atoms with van der Waals surface area (Å²) >= 11 is 12.2. The first-order valence-corrected chi connectivity index (χ1v) is 13.4. The highest BCUT2D eigenvalue weighted by Gasteiger charge is 2.16. The number of carbonyl (C=O) groups is 1. The first kappa shape index (κ1) is 28.3. The lowest BCUT2D eigenvalue weighted by Crippen LogP contribution is -2.17. The van der Waals surface area contributed by atoms with Crippen molar-refractivity contribution < 1.29 is 14.6 Å². The van der Waals surface area contributed by atoms with Crippen LogP contribution in [-0.2, 0) is 6.42 Å². The summed E-state index contributed by atoms with van der Waals surface area (Å²) in [6.07, 6.45) is 15.8. The molecule has 1 amide bonds. The molecule has 0 bridgehead atoms. The summed E-state index contributed by atoms with van der Waals surface area (Å²) in [6, 6.07) is 9.01. The number of unbranched alkanes of at least 4 members (excludes halogenated alkanes) is 11. The lowest BCUT2D eigenvalue weighted by molar-refractivity contribution is 0.214. The standard InChI is InChI=1S/C28H39Cl2NO3/c1-3-4-5-6-7-8-9-10-11-12-13-14-17-22-18-15-16-19-25(22)34-28(33)31-24-20-23(29)21(2)26(30)27(24)32/h15-16,18-20,32H,3-14,17H2,1-2H3,(H,31,33). The van der Waals surface area contributed by atoms with Gasteiger partial charge in [0.2, 0.25) is 0 Å². The van der Waals surface area contributed by atoms with Crippen LogP contribution in [0.3, 0.4) is 0 Å². The van der Waals surface area contributed by atoms with Crippen molar-refractivity contribution in [2.75, 3.05) is 5.32 Å². The van der Waals surface area contributed by atoms with E-state index in [2.05, 4.69) is 12.2 Å². The number of aryl methyl sites for hydroxylation is 1. The lowest BCUT2D eigenvalue weighted by Gasteiger charge is -2.13. The first-order valence-electron chi connectivity index (χ1n) is 12.7. The predicted molar refractivity (Wildman–Crippen MR) is 144 cm³/mol. The number of amides is 1. The van der Waals surface area contributed by atoms with Crippen molar-refractivity contribution in [3.05, 3.63) is 51.5 Å². The van der Waals surface area contributed by atoms with E-state index in [1.165, 1.54) is 76.7 Å². The topological polar surface area (TPSA) is 58.6 Å². The van der Waals surface area contributed by atoms with Gasteiger partial charge < -0.3 is 9.84 Å². The van der Waals surface area contributed by atoms with E-state index in [-0.39, 0.29) is 16.5 Å². The number of carbonyl (C=O) groups excluding carboxylic acids is 1. The van der Waals surface area contributed by atoms with Gasteiger partial charge >= 0.3 is 6.09 Å². The third-order valence-corrected chi connectivity index (χ3v) is 6.99. The van der Waals surface area contributed by atoms with Crippen LogP contribution in [0.25, 0.3) is 0 Å². The van der Waals surface area contributed by atoms with Gasteiger partial charge in [-0.25, -0.2) is 4.79 Å². The number of rotatable bonds is 15. The maximum Gasteiger partial charge on any atom is 0.417 e. The maximum atomic E-state index is 12.4. The quantitative estimate of drug-likeness (QED) is 0.186. The van der Waals surface area contributed by atoms with Crippen LogP contribution in [0.5, 0.6) is 11.5 Å². The predicted octanol–water partition coefficient (Wildman–Crippen LogP) is 9.86. The van der Waals surface area contributed by atoms with Crippen LogP contribution in [0.15, 0.2) is 30.3 Å². The second kappa shape index (κ2) is 15.9. The highest BCUT2D eigenvalue weighted by molar-refractivity contribution is 6.37. The van der Waals surface area contributed by atoms with Gasteiger partial charge in [-0.2, -0.15) is 0 Å². The number of anilines is 1. The number of hydrogen-bond acceptors (Lipinski definition) is 3. The number of hydrogen-bond donors (Lipinski definition) is 2. The van der Waals surface area contributed by atoms with Crippen molar-refractivity contribution in [3.63, 3.8) is 0 Å². The molecule has 0 aromatic heterocycles. The minimum absolute atomic E-state index is 0.107. The minimum Gasteiger partial charge on any atom is -0.504 e. The Labute approximate surface area is 215 Å². The van der Waals surface area contributed by atoms with E-state index in [0.29, 0.717) is 16.3 Å². The summed E-state index contributed by atoms with van der Waals surface area (Å²) in [5, 5.41) is 13.2. The van der Waals surface area contributed by atoms with E-state index in [0.717, 1.165) is 18.4 Å². The fraction of sp³-hybridized carbons (Fsp3) is 0.536. The summed E-state index contributed by atoms with van der Waals surface area (Å²) in [5.41, 5.74) is 1.66. The monoisotopic (exact) mass is 507 g/mol. The van der Waals surface area contributed by atoms with Crippen LogP contribution < -0.4 is 10.1 Å². The molecule has 0 unspecified atom stereocenters. The summed E-state index contributed by atoms with van der Waals surface area (Å²) in [6.45, 7) is 3.95. The molecule has 0 heterocycles. The molecule has 34 heavy (non-hydrogen) atoms. The number of ether oxygens (including phenoxy) is 1. The molecule has 0 radical (unpaired) electrons. The van der Waals surface area contributed by atoms with Gasteiger partial charge in [-0.05, 0) is 43.0 Å². The molecule has 4 nitrogen and oxygen atoms in total. The molecular weight excluding hydrogens is 469 g/mol. The van der Waals surface area contributed by atoms with Crippen molar-refractivity contribution in [1.29, 1.82) is 0 Å². The number of phenolic OH excluding ortho intramolecular Hbond substituents is 1. The Morgan fingerprint density at radius 3 is 2.09 bits per heavy atom. The number of nitrogens with one attached hydrogen (secondary N) is 1. The number of benzene rings is 2. The molecular formula is C28H39Cl2NO3. The van der Waals surface area contributed by atoms with Gasteiger partial charge in [0.25, 0.3) is 0 Å². The Bertz CT molecular complexity index is 901. The third kappa shape index (κ3) is 9.76. The van der Waals surface area contributed by atoms with Gasteiger partial charge in [0, 0.05) is 5.02 Å². The molecule has 188 valence electrons. The van der Waals surface area contributed by atoms with Gasteiger partial charge in [0.15, 0.2) is 5.75 Å². The first-order chi connectivity index (χ1) is 16.4. The zero-order chi connectivity index (χ0) is 24.8. The minimum atomic E-state index is -0.701. The molecule has 2 aromatic rings. The fourth-order valence-electron chi connectivity index (χ4n) is 4.00. The van der Waals surface area contributed by atoms with Gasteiger partial charge in [0.05, 0.1) is 10.7 Å². The van der Waals surface area contributed by atoms with E-state index in [4.69, 9.17) is 27.9 Å². The van der Waals surface area contributed by atoms with E-state index in [9.17, 15) is 9.90 Å². The van der Waals surface area contributed by atoms with Crippen LogP contribution in [0.4, 0.5) is 10.5 Å². The van der Waals surface area contributed by atoms with Gasteiger partial charge in [-0.3, -0.25) is 5.32 Å². The van der Waals surface area contributed by atoms with Crippen molar-refractivity contribution in [2.24, 2.45) is 0 Å². The molecule has 0 atom stereocenters. The van der Waals surface area contributed by atoms with Crippen LogP contribution in [0.2, 0.25) is 10.0 Å². The van der Waals surface area contributed by atoms with Crippen LogP contribution >= 0.6 is 23.2 Å². The van der Waals surface area contributed by atoms with Gasteiger partial charge in [-0.15, -0.1) is 0 Å². The second-order valence-corrected chi connectivity index (χ2v) is 9.74. The molecule has 0 aliphatic rings. The number of halogens is 2. The zero-order valence-electron chi connectivity index (χ0n) is 20.6. The molecule has 2 rings (SSSR count). The van der Waals surface area contributed by atoms with Crippen LogP contribution in [-0.4, -0.2) is 11.2 Å². The SMILES string of the molecule is CCCCCCCCCCCCCCc1ccccc1OC(=O)Nc1cc(Cl)c(C)c(Cl)c1O. The second-order valence-electron chi connectivity index (χ2n) is 8.95. The number of para-hydroxylation sites is 1. The highest BCUT2D eigenvalue weighted by Crippen LogP contribution is 2.38. The van der Waals surface area contributed by atoms with E-state index >= 15 is 0 Å². The molecule has 2 N–H and O–H groups in total. The Kier molecular flexibility index (Phi) is 13.2. The van der Waals surface area contributed by atoms with Crippen molar-refractivity contribution >= 4 is 35.0 Å². The molecule has 0 saturated heterocycles. The van der Waals surface area contributed by atoms with E-state index in [1.54, 1.807) is 13.0 Å². The largest absolute Gasteiger partial charge is 0.504 e. The zero-order valence-corrected chi connectivity index (χ0v) is 22.1. The molecule has 0 aliphatic heterocycles. The Morgan fingerprint density at radius 1 is 0.912 bits per heavy atom. The van der Waals surface area contributed by atoms with Crippen LogP contribution in [0.1, 0.15) is 95.1 Å². The van der Waals surface area contributed by atoms with Crippen molar-refractivity contribution in [2.45, 2.75) is 97.3 Å². The molecule has 0 fully saturated rings. The van der Waals surface area contributed by atoms with E-state index < -0.39 is 6.09 Å². The van der Waals surface area contributed by atoms with E-state index in [1.807, 2.05) is 18.2 Å². The van der Waals surface area contributed by atoms with Crippen molar-refractivity contribution in [3.8, 4) is 11.5 Å². The Balaban J connectivity index is 1.71. The fourth-order valence-corrected chi connectivity index (χ4v) is 4.46. The van der Waals surface area contributed by atoms with Gasteiger partial charge in [-0.1, -0.05) is 119 Å². The van der Waals surface area contributed by atoms with Gasteiger partial charge in [0.1, 0.15) is 5.75 Å². The molecule has 6 heteroatoms. The summed E-state index contributed by atoms with van der Waals surface area (Å²) < 4.78 is 5.52. The molecule has 2 aromatic carbocycles. The average Bonchev–Trinajstić information content (AvgIpc) is 2.82. The molecule has 0 saturated carbocycles. The Morgan fingerprint density at radius 2 is 1.47 bits per heavy atom. The number of phenols is 1. The lowest BCUT2D eigenvalue weighted by atomic mass is 10.0. The maximum absolute atomic E-state index is 12.4. The molecule has 0 aliphatic carbocycles. The summed E-state index contributed by atoms with van der Waals surface area (Å²) in [7, 11) is 0. The third-order valence-electron chi connectivity index (χ3n) is 6.13. The summed E-state index contributed by atoms with van der Waals surface area (Å²) in [5.74, 6) is 0.289. The molecule has 0 spiro atoms. The number of aromatic hydroxyl groups is 1. The van der Waals surface area contributed by atoms with Crippen LogP contribution in [0, 0.1) is 6.92 Å². The average molecular weight is 509 g/mol. The highest BCUT2D eigenvalue weighted by atomic mass is 35.5. The summed E-state index contributed by atoms with van der Waals surface area (Å²) in [4.78, 5) is 12.4. The van der Waals surface area contributed by atoms with Crippen molar-refractivity contribution in [1.82, 2.24) is 0 Å². The normalized spacial score (nSPS) is 10.9. The smallest absolute Gasteiger partial charge is 0.417 e. The Hall–Kier alpha value is -1.91.